The second kappa shape index (κ2) is 7.70. The summed E-state index contributed by atoms with van der Waals surface area (Å²) in [6.07, 6.45) is 3.07. The molecule has 1 heterocycles. The molecule has 0 saturated carbocycles. The maximum Gasteiger partial charge on any atom is 0.232 e. The van der Waals surface area contributed by atoms with E-state index in [9.17, 15) is 4.79 Å². The third kappa shape index (κ3) is 4.25. The molecule has 1 aromatic carbocycles. The first-order chi connectivity index (χ1) is 9.72. The van der Waals surface area contributed by atoms with Crippen LogP contribution in [0.5, 0.6) is 0 Å². The van der Waals surface area contributed by atoms with Gasteiger partial charge in [0.15, 0.2) is 0 Å². The lowest BCUT2D eigenvalue weighted by Gasteiger charge is -2.34. The van der Waals surface area contributed by atoms with E-state index in [1.807, 2.05) is 11.2 Å². The second-order valence-corrected chi connectivity index (χ2v) is 6.13. The topological polar surface area (TPSA) is 23.6 Å². The van der Waals surface area contributed by atoms with Crippen LogP contribution in [0.3, 0.4) is 0 Å². The van der Waals surface area contributed by atoms with Crippen molar-refractivity contribution in [2.24, 2.45) is 0 Å². The summed E-state index contributed by atoms with van der Waals surface area (Å²) in [6.45, 7) is 6.89. The van der Waals surface area contributed by atoms with Gasteiger partial charge in [-0.1, -0.05) is 31.2 Å². The number of amides is 1. The summed E-state index contributed by atoms with van der Waals surface area (Å²) >= 11 is 1.61. The van der Waals surface area contributed by atoms with E-state index in [0.29, 0.717) is 5.75 Å². The second-order valence-electron chi connectivity index (χ2n) is 5.26. The van der Waals surface area contributed by atoms with Crippen molar-refractivity contribution in [3.63, 3.8) is 0 Å². The molecule has 0 atom stereocenters. The highest BCUT2D eigenvalue weighted by Crippen LogP contribution is 2.12. The van der Waals surface area contributed by atoms with Gasteiger partial charge < -0.3 is 4.90 Å². The molecular formula is C16H24N2OS. The first-order valence-electron chi connectivity index (χ1n) is 7.29. The van der Waals surface area contributed by atoms with E-state index in [1.54, 1.807) is 11.8 Å². The molecule has 0 aliphatic carbocycles. The number of hydrogen-bond acceptors (Lipinski definition) is 3. The van der Waals surface area contributed by atoms with E-state index >= 15 is 0 Å². The molecule has 1 aromatic rings. The summed E-state index contributed by atoms with van der Waals surface area (Å²) in [4.78, 5) is 16.3. The van der Waals surface area contributed by atoms with Crippen LogP contribution in [-0.2, 0) is 17.8 Å². The molecule has 1 aliphatic rings. The van der Waals surface area contributed by atoms with Gasteiger partial charge in [-0.25, -0.2) is 0 Å². The zero-order valence-corrected chi connectivity index (χ0v) is 13.3. The minimum atomic E-state index is 0.283. The van der Waals surface area contributed by atoms with Crippen LogP contribution in [0.1, 0.15) is 18.1 Å². The summed E-state index contributed by atoms with van der Waals surface area (Å²) in [5, 5.41) is 0. The third-order valence-electron chi connectivity index (χ3n) is 3.80. The average molecular weight is 292 g/mol. The van der Waals surface area contributed by atoms with E-state index in [-0.39, 0.29) is 5.91 Å². The van der Waals surface area contributed by atoms with Gasteiger partial charge in [-0.3, -0.25) is 9.69 Å². The van der Waals surface area contributed by atoms with Crippen molar-refractivity contribution in [3.05, 3.63) is 35.4 Å². The smallest absolute Gasteiger partial charge is 0.232 e. The minimum absolute atomic E-state index is 0.283. The number of nitrogens with zero attached hydrogens (tertiary/aromatic N) is 2. The Labute approximate surface area is 126 Å². The Kier molecular flexibility index (Phi) is 5.92. The highest BCUT2D eigenvalue weighted by atomic mass is 32.2. The van der Waals surface area contributed by atoms with Crippen molar-refractivity contribution in [2.45, 2.75) is 19.9 Å². The van der Waals surface area contributed by atoms with Crippen molar-refractivity contribution in [2.75, 3.05) is 38.2 Å². The zero-order chi connectivity index (χ0) is 14.4. The molecular weight excluding hydrogens is 268 g/mol. The van der Waals surface area contributed by atoms with Crippen LogP contribution in [0.2, 0.25) is 0 Å². The van der Waals surface area contributed by atoms with Crippen LogP contribution in [0.15, 0.2) is 24.3 Å². The number of rotatable bonds is 5. The van der Waals surface area contributed by atoms with Gasteiger partial charge in [-0.15, -0.1) is 0 Å². The highest BCUT2D eigenvalue weighted by molar-refractivity contribution is 7.99. The van der Waals surface area contributed by atoms with Gasteiger partial charge in [-0.05, 0) is 23.8 Å². The van der Waals surface area contributed by atoms with Gasteiger partial charge in [-0.2, -0.15) is 11.8 Å². The van der Waals surface area contributed by atoms with Crippen molar-refractivity contribution >= 4 is 17.7 Å². The largest absolute Gasteiger partial charge is 0.339 e. The maximum absolute atomic E-state index is 11.8. The monoisotopic (exact) mass is 292 g/mol. The van der Waals surface area contributed by atoms with Crippen LogP contribution in [-0.4, -0.2) is 53.9 Å². The Balaban J connectivity index is 1.83. The fourth-order valence-corrected chi connectivity index (χ4v) is 3.01. The quantitative estimate of drug-likeness (QED) is 0.832. The first kappa shape index (κ1) is 15.4. The predicted molar refractivity (Wildman–Crippen MR) is 86.1 cm³/mol. The molecule has 20 heavy (non-hydrogen) atoms. The van der Waals surface area contributed by atoms with Gasteiger partial charge >= 0.3 is 0 Å². The van der Waals surface area contributed by atoms with Crippen molar-refractivity contribution in [1.82, 2.24) is 9.80 Å². The summed E-state index contributed by atoms with van der Waals surface area (Å²) in [5.41, 5.74) is 2.78. The standard InChI is InChI=1S/C16H24N2OS/c1-3-14-5-4-6-15(11-14)12-17-7-9-18(10-8-17)16(19)13-20-2/h4-6,11H,3,7-10,12-13H2,1-2H3. The van der Waals surface area contributed by atoms with Crippen molar-refractivity contribution in [3.8, 4) is 0 Å². The van der Waals surface area contributed by atoms with Gasteiger partial charge in [0.05, 0.1) is 5.75 Å². The first-order valence-corrected chi connectivity index (χ1v) is 8.69. The minimum Gasteiger partial charge on any atom is -0.339 e. The van der Waals surface area contributed by atoms with Crippen LogP contribution in [0.4, 0.5) is 0 Å². The molecule has 2 rings (SSSR count). The SMILES string of the molecule is CCc1cccc(CN2CCN(C(=O)CSC)CC2)c1. The Bertz CT molecular complexity index is 442. The maximum atomic E-state index is 11.8. The Morgan fingerprint density at radius 2 is 1.90 bits per heavy atom. The lowest BCUT2D eigenvalue weighted by atomic mass is 10.1. The molecule has 0 bridgehead atoms. The van der Waals surface area contributed by atoms with E-state index in [4.69, 9.17) is 0 Å². The number of thioether (sulfide) groups is 1. The summed E-state index contributed by atoms with van der Waals surface area (Å²) < 4.78 is 0. The fourth-order valence-electron chi connectivity index (χ4n) is 2.58. The molecule has 3 nitrogen and oxygen atoms in total. The number of carbonyl (C=O) groups is 1. The summed E-state index contributed by atoms with van der Waals surface area (Å²) in [7, 11) is 0. The number of benzene rings is 1. The van der Waals surface area contributed by atoms with E-state index < -0.39 is 0 Å². The number of carbonyl (C=O) groups excluding carboxylic acids is 1. The van der Waals surface area contributed by atoms with Gasteiger partial charge in [0.1, 0.15) is 0 Å². The number of piperazine rings is 1. The Hall–Kier alpha value is -1.00. The average Bonchev–Trinajstić information content (AvgIpc) is 2.48. The van der Waals surface area contributed by atoms with Crippen molar-refractivity contribution < 1.29 is 4.79 Å². The molecule has 1 saturated heterocycles. The summed E-state index contributed by atoms with van der Waals surface area (Å²) in [6, 6.07) is 8.82. The molecule has 110 valence electrons. The predicted octanol–water partition coefficient (Wildman–Crippen LogP) is 2.26. The zero-order valence-electron chi connectivity index (χ0n) is 12.5. The van der Waals surface area contributed by atoms with Gasteiger partial charge in [0.2, 0.25) is 5.91 Å². The van der Waals surface area contributed by atoms with E-state index in [1.165, 1.54) is 11.1 Å². The van der Waals surface area contributed by atoms with Gasteiger partial charge in [0.25, 0.3) is 0 Å². The molecule has 0 unspecified atom stereocenters. The van der Waals surface area contributed by atoms with Crippen LogP contribution < -0.4 is 0 Å². The molecule has 0 aromatic heterocycles. The van der Waals surface area contributed by atoms with Crippen LogP contribution >= 0.6 is 11.8 Å². The van der Waals surface area contributed by atoms with Crippen LogP contribution in [0.25, 0.3) is 0 Å². The number of aryl methyl sites for hydroxylation is 1. The third-order valence-corrected chi connectivity index (χ3v) is 4.33. The molecule has 0 radical (unpaired) electrons. The number of hydrogen-bond donors (Lipinski definition) is 0. The summed E-state index contributed by atoms with van der Waals surface area (Å²) in [5.74, 6) is 0.892. The molecule has 1 fully saturated rings. The van der Waals surface area contributed by atoms with E-state index in [0.717, 1.165) is 39.1 Å². The van der Waals surface area contributed by atoms with Crippen molar-refractivity contribution in [1.29, 1.82) is 0 Å². The highest BCUT2D eigenvalue weighted by Gasteiger charge is 2.20. The fraction of sp³-hybridized carbons (Fsp3) is 0.562. The Morgan fingerprint density at radius 1 is 1.20 bits per heavy atom. The Morgan fingerprint density at radius 3 is 2.55 bits per heavy atom. The lowest BCUT2D eigenvalue weighted by molar-refractivity contribution is -0.130. The normalized spacial score (nSPS) is 16.4. The molecule has 4 heteroatoms. The molecule has 0 N–H and O–H groups in total. The molecule has 1 aliphatic heterocycles. The van der Waals surface area contributed by atoms with E-state index in [2.05, 4.69) is 36.1 Å². The molecule has 0 spiro atoms. The molecule has 1 amide bonds. The lowest BCUT2D eigenvalue weighted by Crippen LogP contribution is -2.48. The van der Waals surface area contributed by atoms with Crippen LogP contribution in [0, 0.1) is 0 Å². The van der Waals surface area contributed by atoms with Gasteiger partial charge in [0, 0.05) is 32.7 Å².